The van der Waals surface area contributed by atoms with E-state index >= 15 is 0 Å². The molecule has 1 amide bonds. The van der Waals surface area contributed by atoms with Gasteiger partial charge in [-0.05, 0) is 37.7 Å². The van der Waals surface area contributed by atoms with Crippen molar-refractivity contribution < 1.29 is 9.90 Å². The van der Waals surface area contributed by atoms with Gasteiger partial charge < -0.3 is 10.4 Å². The van der Waals surface area contributed by atoms with E-state index in [1.165, 1.54) is 16.9 Å². The first-order valence-corrected chi connectivity index (χ1v) is 8.91. The van der Waals surface area contributed by atoms with Crippen LogP contribution < -0.4 is 5.32 Å². The number of aliphatic hydroxyl groups is 1. The van der Waals surface area contributed by atoms with Crippen LogP contribution in [-0.4, -0.2) is 28.6 Å². The van der Waals surface area contributed by atoms with E-state index in [2.05, 4.69) is 22.4 Å². The summed E-state index contributed by atoms with van der Waals surface area (Å²) in [6.07, 6.45) is 3.67. The minimum atomic E-state index is -0.0512. The van der Waals surface area contributed by atoms with Gasteiger partial charge in [0.25, 0.3) is 5.91 Å². The molecule has 0 saturated heterocycles. The maximum absolute atomic E-state index is 12.5. The Balaban J connectivity index is 1.68. The van der Waals surface area contributed by atoms with Crippen molar-refractivity contribution in [3.05, 3.63) is 51.5 Å². The molecule has 1 fully saturated rings. The van der Waals surface area contributed by atoms with Gasteiger partial charge in [-0.1, -0.05) is 30.3 Å². The molecule has 1 aromatic carbocycles. The van der Waals surface area contributed by atoms with E-state index in [4.69, 9.17) is 5.11 Å². The number of rotatable bonds is 7. The van der Waals surface area contributed by atoms with Crippen molar-refractivity contribution in [2.45, 2.75) is 38.6 Å². The Kier molecular flexibility index (Phi) is 5.08. The number of aromatic nitrogens is 1. The van der Waals surface area contributed by atoms with Crippen molar-refractivity contribution in [1.82, 2.24) is 10.3 Å². The molecule has 1 saturated carbocycles. The number of hydrogen-bond donors (Lipinski definition) is 2. The van der Waals surface area contributed by atoms with Crippen LogP contribution in [0.1, 0.15) is 45.2 Å². The molecule has 0 bridgehead atoms. The molecule has 2 aromatic rings. The van der Waals surface area contributed by atoms with Crippen molar-refractivity contribution in [2.75, 3.05) is 6.61 Å². The van der Waals surface area contributed by atoms with Crippen LogP contribution in [0.3, 0.4) is 0 Å². The zero-order chi connectivity index (χ0) is 16.2. The Bertz CT molecular complexity index is 665. The zero-order valence-electron chi connectivity index (χ0n) is 13.3. The summed E-state index contributed by atoms with van der Waals surface area (Å²) in [7, 11) is 0. The normalized spacial score (nSPS) is 15.4. The highest BCUT2D eigenvalue weighted by Gasteiger charge is 2.32. The lowest BCUT2D eigenvalue weighted by Gasteiger charge is -2.16. The summed E-state index contributed by atoms with van der Waals surface area (Å²) in [5.74, 6) is 0.479. The van der Waals surface area contributed by atoms with Gasteiger partial charge in [0.15, 0.2) is 0 Å². The number of nitrogens with zero attached hydrogens (tertiary/aromatic N) is 1. The minimum Gasteiger partial charge on any atom is -0.396 e. The molecular formula is C18H22N2O2S. The van der Waals surface area contributed by atoms with Gasteiger partial charge in [-0.15, -0.1) is 11.3 Å². The number of nitrogens with one attached hydrogen (secondary N) is 1. The number of hydrogen-bond acceptors (Lipinski definition) is 4. The quantitative estimate of drug-likeness (QED) is 0.820. The molecule has 3 rings (SSSR count). The highest BCUT2D eigenvalue weighted by atomic mass is 32.1. The van der Waals surface area contributed by atoms with Crippen LogP contribution in [0.4, 0.5) is 0 Å². The van der Waals surface area contributed by atoms with E-state index in [1.54, 1.807) is 0 Å². The van der Waals surface area contributed by atoms with Crippen LogP contribution in [0.2, 0.25) is 0 Å². The van der Waals surface area contributed by atoms with Gasteiger partial charge >= 0.3 is 0 Å². The molecule has 23 heavy (non-hydrogen) atoms. The van der Waals surface area contributed by atoms with E-state index in [0.717, 1.165) is 30.0 Å². The molecule has 2 N–H and O–H groups in total. The summed E-state index contributed by atoms with van der Waals surface area (Å²) in [4.78, 5) is 17.8. The highest BCUT2D eigenvalue weighted by molar-refractivity contribution is 7.13. The number of benzene rings is 1. The molecule has 5 heteroatoms. The molecule has 0 spiro atoms. The number of carbonyl (C=O) groups is 1. The fraction of sp³-hybridized carbons (Fsp3) is 0.444. The molecule has 1 atom stereocenters. The van der Waals surface area contributed by atoms with Gasteiger partial charge in [0.05, 0.1) is 10.7 Å². The first-order valence-electron chi connectivity index (χ1n) is 8.09. The summed E-state index contributed by atoms with van der Waals surface area (Å²) in [6, 6.07) is 10.2. The van der Waals surface area contributed by atoms with E-state index in [1.807, 2.05) is 25.1 Å². The third-order valence-corrected chi connectivity index (χ3v) is 5.35. The second-order valence-electron chi connectivity index (χ2n) is 6.11. The van der Waals surface area contributed by atoms with Crippen LogP contribution in [0.5, 0.6) is 0 Å². The fourth-order valence-electron chi connectivity index (χ4n) is 2.81. The van der Waals surface area contributed by atoms with Crippen LogP contribution in [0, 0.1) is 12.8 Å². The number of amides is 1. The lowest BCUT2D eigenvalue weighted by molar-refractivity contribution is 0.0927. The third kappa shape index (κ3) is 4.18. The molecule has 1 unspecified atom stereocenters. The predicted octanol–water partition coefficient (Wildman–Crippen LogP) is 2.93. The van der Waals surface area contributed by atoms with E-state index in [-0.39, 0.29) is 18.6 Å². The van der Waals surface area contributed by atoms with Crippen LogP contribution >= 0.6 is 11.3 Å². The second kappa shape index (κ2) is 7.23. The number of carbonyl (C=O) groups excluding carboxylic acids is 1. The molecule has 122 valence electrons. The summed E-state index contributed by atoms with van der Waals surface area (Å²) in [5.41, 5.74) is 1.99. The smallest absolute Gasteiger partial charge is 0.263 e. The van der Waals surface area contributed by atoms with Gasteiger partial charge in [0.1, 0.15) is 4.88 Å². The topological polar surface area (TPSA) is 62.2 Å². The monoisotopic (exact) mass is 330 g/mol. The van der Waals surface area contributed by atoms with Gasteiger partial charge in [-0.3, -0.25) is 4.79 Å². The van der Waals surface area contributed by atoms with Crippen molar-refractivity contribution in [3.8, 4) is 0 Å². The van der Waals surface area contributed by atoms with Crippen molar-refractivity contribution >= 4 is 17.2 Å². The first kappa shape index (κ1) is 16.1. The Labute approximate surface area is 140 Å². The van der Waals surface area contributed by atoms with E-state index in [9.17, 15) is 4.79 Å². The summed E-state index contributed by atoms with van der Waals surface area (Å²) < 4.78 is 0. The summed E-state index contributed by atoms with van der Waals surface area (Å²) >= 11 is 1.47. The number of aryl methyl sites for hydroxylation is 1. The van der Waals surface area contributed by atoms with Gasteiger partial charge in [0.2, 0.25) is 0 Å². The molecule has 0 radical (unpaired) electrons. The van der Waals surface area contributed by atoms with Crippen LogP contribution in [-0.2, 0) is 6.42 Å². The SMILES string of the molecule is Cc1nc(Cc2ccccc2)sc1C(=O)NC(CCO)C1CC1. The molecule has 1 heterocycles. The minimum absolute atomic E-state index is 0.0512. The van der Waals surface area contributed by atoms with Gasteiger partial charge in [-0.25, -0.2) is 4.98 Å². The fourth-order valence-corrected chi connectivity index (χ4v) is 3.81. The molecule has 0 aliphatic heterocycles. The lowest BCUT2D eigenvalue weighted by atomic mass is 10.1. The van der Waals surface area contributed by atoms with Crippen molar-refractivity contribution in [3.63, 3.8) is 0 Å². The van der Waals surface area contributed by atoms with E-state index in [0.29, 0.717) is 17.2 Å². The number of aliphatic hydroxyl groups excluding tert-OH is 1. The van der Waals surface area contributed by atoms with E-state index < -0.39 is 0 Å². The lowest BCUT2D eigenvalue weighted by Crippen LogP contribution is -2.37. The average Bonchev–Trinajstić information content (AvgIpc) is 3.32. The second-order valence-corrected chi connectivity index (χ2v) is 7.20. The van der Waals surface area contributed by atoms with Crippen LogP contribution in [0.25, 0.3) is 0 Å². The van der Waals surface area contributed by atoms with Gasteiger partial charge in [0, 0.05) is 19.1 Å². The molecule has 4 nitrogen and oxygen atoms in total. The standard InChI is InChI=1S/C18H22N2O2S/c1-12-17(18(22)20-15(9-10-21)14-7-8-14)23-16(19-12)11-13-5-3-2-4-6-13/h2-6,14-15,21H,7-11H2,1H3,(H,20,22). The average molecular weight is 330 g/mol. The van der Waals surface area contributed by atoms with Crippen molar-refractivity contribution in [1.29, 1.82) is 0 Å². The first-order chi connectivity index (χ1) is 11.2. The molecule has 1 aliphatic rings. The summed E-state index contributed by atoms with van der Waals surface area (Å²) in [5, 5.41) is 13.2. The maximum Gasteiger partial charge on any atom is 0.263 e. The maximum atomic E-state index is 12.5. The highest BCUT2D eigenvalue weighted by Crippen LogP contribution is 2.34. The molecule has 1 aromatic heterocycles. The Morgan fingerprint density at radius 1 is 1.39 bits per heavy atom. The van der Waals surface area contributed by atoms with Crippen molar-refractivity contribution in [2.24, 2.45) is 5.92 Å². The van der Waals surface area contributed by atoms with Gasteiger partial charge in [-0.2, -0.15) is 0 Å². The van der Waals surface area contributed by atoms with Crippen LogP contribution in [0.15, 0.2) is 30.3 Å². The molecular weight excluding hydrogens is 308 g/mol. The molecule has 1 aliphatic carbocycles. The Hall–Kier alpha value is -1.72. The Morgan fingerprint density at radius 2 is 2.13 bits per heavy atom. The largest absolute Gasteiger partial charge is 0.396 e. The Morgan fingerprint density at radius 3 is 2.78 bits per heavy atom. The summed E-state index contributed by atoms with van der Waals surface area (Å²) in [6.45, 7) is 2.00. The third-order valence-electron chi connectivity index (χ3n) is 4.19. The number of thiazole rings is 1. The zero-order valence-corrected chi connectivity index (χ0v) is 14.1. The predicted molar refractivity (Wildman–Crippen MR) is 91.8 cm³/mol.